The van der Waals surface area contributed by atoms with Gasteiger partial charge < -0.3 is 4.74 Å². The van der Waals surface area contributed by atoms with Crippen molar-refractivity contribution in [2.24, 2.45) is 4.99 Å². The maximum Gasteiger partial charge on any atom is 0.340 e. The first-order chi connectivity index (χ1) is 5.86. The van der Waals surface area contributed by atoms with Crippen molar-refractivity contribution in [3.63, 3.8) is 0 Å². The molecule has 1 aliphatic heterocycles. The van der Waals surface area contributed by atoms with Crippen LogP contribution in [-0.2, 0) is 9.53 Å². The number of benzene rings is 1. The Labute approximate surface area is 69.7 Å². The quantitative estimate of drug-likeness (QED) is 0.578. The van der Waals surface area contributed by atoms with Crippen LogP contribution in [0.3, 0.4) is 0 Å². The van der Waals surface area contributed by atoms with Crippen LogP contribution in [0.1, 0.15) is 5.56 Å². The standard InChI is InChI=1S/C9H6NO2/c11-8-6-10-9(12-8)7-4-2-1-3-5-7/h1-6H. The summed E-state index contributed by atoms with van der Waals surface area (Å²) in [5.74, 6) is -0.0329. The van der Waals surface area contributed by atoms with E-state index in [0.29, 0.717) is 5.90 Å². The third kappa shape index (κ3) is 1.21. The maximum absolute atomic E-state index is 10.6. The van der Waals surface area contributed by atoms with E-state index in [-0.39, 0.29) is 0 Å². The molecule has 0 N–H and O–H groups in total. The summed E-state index contributed by atoms with van der Waals surface area (Å²) in [6.45, 7) is 1.17. The molecule has 3 nitrogen and oxygen atoms in total. The Morgan fingerprint density at radius 3 is 2.50 bits per heavy atom. The fourth-order valence-corrected chi connectivity index (χ4v) is 0.974. The third-order valence-corrected chi connectivity index (χ3v) is 1.51. The van der Waals surface area contributed by atoms with E-state index >= 15 is 0 Å². The number of esters is 1. The summed E-state index contributed by atoms with van der Waals surface area (Å²) in [4.78, 5) is 14.4. The molecule has 1 aliphatic rings. The number of ether oxygens (including phenoxy) is 1. The fraction of sp³-hybridized carbons (Fsp3) is 0. The van der Waals surface area contributed by atoms with Crippen molar-refractivity contribution >= 4 is 11.9 Å². The van der Waals surface area contributed by atoms with Gasteiger partial charge in [0, 0.05) is 5.56 Å². The molecule has 0 spiro atoms. The molecular weight excluding hydrogens is 154 g/mol. The van der Waals surface area contributed by atoms with E-state index in [2.05, 4.69) is 4.99 Å². The van der Waals surface area contributed by atoms with Gasteiger partial charge in [-0.15, -0.1) is 0 Å². The molecule has 0 unspecified atom stereocenters. The molecule has 1 aromatic carbocycles. The van der Waals surface area contributed by atoms with Crippen molar-refractivity contribution in [3.8, 4) is 0 Å². The molecule has 2 rings (SSSR count). The van der Waals surface area contributed by atoms with Gasteiger partial charge in [0.05, 0.1) is 0 Å². The summed E-state index contributed by atoms with van der Waals surface area (Å²) >= 11 is 0. The Morgan fingerprint density at radius 1 is 1.17 bits per heavy atom. The van der Waals surface area contributed by atoms with Gasteiger partial charge >= 0.3 is 5.97 Å². The monoisotopic (exact) mass is 160 g/mol. The lowest BCUT2D eigenvalue weighted by molar-refractivity contribution is -0.130. The van der Waals surface area contributed by atoms with Gasteiger partial charge in [0.15, 0.2) is 6.54 Å². The van der Waals surface area contributed by atoms with Gasteiger partial charge in [-0.25, -0.2) is 9.79 Å². The van der Waals surface area contributed by atoms with E-state index in [1.165, 1.54) is 6.54 Å². The highest BCUT2D eigenvalue weighted by molar-refractivity contribution is 6.07. The predicted octanol–water partition coefficient (Wildman–Crippen LogP) is 1.15. The van der Waals surface area contributed by atoms with Gasteiger partial charge in [-0.2, -0.15) is 0 Å². The zero-order valence-electron chi connectivity index (χ0n) is 6.23. The lowest BCUT2D eigenvalue weighted by Gasteiger charge is -1.97. The molecule has 0 aliphatic carbocycles. The molecule has 0 fully saturated rings. The first-order valence-electron chi connectivity index (χ1n) is 3.54. The second kappa shape index (κ2) is 2.77. The average molecular weight is 160 g/mol. The molecule has 12 heavy (non-hydrogen) atoms. The van der Waals surface area contributed by atoms with Gasteiger partial charge in [0.2, 0.25) is 5.90 Å². The first kappa shape index (κ1) is 7.03. The van der Waals surface area contributed by atoms with Crippen LogP contribution in [0.4, 0.5) is 0 Å². The molecular formula is C9H6NO2. The number of nitrogens with zero attached hydrogens (tertiary/aromatic N) is 1. The maximum atomic E-state index is 10.6. The molecule has 1 radical (unpaired) electrons. The first-order valence-corrected chi connectivity index (χ1v) is 3.54. The Hall–Kier alpha value is -1.64. The average Bonchev–Trinajstić information content (AvgIpc) is 2.54. The van der Waals surface area contributed by atoms with E-state index in [4.69, 9.17) is 4.74 Å². The zero-order chi connectivity index (χ0) is 8.39. The summed E-state index contributed by atoms with van der Waals surface area (Å²) < 4.78 is 4.80. The number of carbonyl (C=O) groups excluding carboxylic acids is 1. The van der Waals surface area contributed by atoms with Crippen LogP contribution >= 0.6 is 0 Å². The Morgan fingerprint density at radius 2 is 1.92 bits per heavy atom. The summed E-state index contributed by atoms with van der Waals surface area (Å²) in [6, 6.07) is 9.30. The van der Waals surface area contributed by atoms with Crippen molar-refractivity contribution in [2.45, 2.75) is 0 Å². The topological polar surface area (TPSA) is 38.7 Å². The molecule has 59 valence electrons. The van der Waals surface area contributed by atoms with E-state index in [9.17, 15) is 4.79 Å². The normalized spacial score (nSPS) is 15.7. The van der Waals surface area contributed by atoms with Crippen LogP contribution in [0.15, 0.2) is 35.3 Å². The highest BCUT2D eigenvalue weighted by Crippen LogP contribution is 2.09. The Balaban J connectivity index is 2.28. The van der Waals surface area contributed by atoms with Crippen molar-refractivity contribution in [1.82, 2.24) is 0 Å². The molecule has 0 bridgehead atoms. The largest absolute Gasteiger partial charge is 0.405 e. The molecule has 1 heterocycles. The Bertz CT molecular complexity index is 330. The molecule has 1 aromatic rings. The third-order valence-electron chi connectivity index (χ3n) is 1.51. The van der Waals surface area contributed by atoms with Crippen molar-refractivity contribution in [1.29, 1.82) is 0 Å². The van der Waals surface area contributed by atoms with Crippen LogP contribution in [0.25, 0.3) is 0 Å². The van der Waals surface area contributed by atoms with E-state index < -0.39 is 5.97 Å². The highest BCUT2D eigenvalue weighted by Gasteiger charge is 2.17. The summed E-state index contributed by atoms with van der Waals surface area (Å²) in [7, 11) is 0. The van der Waals surface area contributed by atoms with Crippen LogP contribution in [0, 0.1) is 6.54 Å². The number of cyclic esters (lactones) is 1. The minimum atomic E-state index is -0.408. The number of aliphatic imine (C=N–C) groups is 1. The molecule has 0 saturated heterocycles. The molecule has 0 aromatic heterocycles. The minimum absolute atomic E-state index is 0.376. The SMILES string of the molecule is O=C1[CH]N=C(c2ccccc2)O1. The Kier molecular flexibility index (Phi) is 1.63. The highest BCUT2D eigenvalue weighted by atomic mass is 16.6. The van der Waals surface area contributed by atoms with Gasteiger partial charge in [-0.05, 0) is 12.1 Å². The number of hydrogen-bond donors (Lipinski definition) is 0. The molecule has 0 atom stereocenters. The van der Waals surface area contributed by atoms with E-state index in [1.54, 1.807) is 0 Å². The number of hydrogen-bond acceptors (Lipinski definition) is 3. The lowest BCUT2D eigenvalue weighted by Crippen LogP contribution is -2.04. The van der Waals surface area contributed by atoms with Gasteiger partial charge in [-0.3, -0.25) is 0 Å². The van der Waals surface area contributed by atoms with Gasteiger partial charge in [-0.1, -0.05) is 18.2 Å². The molecule has 3 heteroatoms. The smallest absolute Gasteiger partial charge is 0.340 e. The van der Waals surface area contributed by atoms with Gasteiger partial charge in [0.25, 0.3) is 0 Å². The second-order valence-electron chi connectivity index (χ2n) is 2.35. The lowest BCUT2D eigenvalue weighted by atomic mass is 10.2. The van der Waals surface area contributed by atoms with Crippen LogP contribution < -0.4 is 0 Å². The molecule has 0 amide bonds. The zero-order valence-corrected chi connectivity index (χ0v) is 6.23. The predicted molar refractivity (Wildman–Crippen MR) is 43.4 cm³/mol. The molecule has 0 saturated carbocycles. The van der Waals surface area contributed by atoms with Crippen LogP contribution in [0.5, 0.6) is 0 Å². The van der Waals surface area contributed by atoms with Crippen molar-refractivity contribution in [3.05, 3.63) is 42.4 Å². The van der Waals surface area contributed by atoms with Crippen LogP contribution in [-0.4, -0.2) is 11.9 Å². The van der Waals surface area contributed by atoms with E-state index in [1.807, 2.05) is 30.3 Å². The van der Waals surface area contributed by atoms with Crippen molar-refractivity contribution in [2.75, 3.05) is 0 Å². The van der Waals surface area contributed by atoms with Gasteiger partial charge in [0.1, 0.15) is 0 Å². The summed E-state index contributed by atoms with van der Waals surface area (Å²) in [6.07, 6.45) is 0. The van der Waals surface area contributed by atoms with E-state index in [0.717, 1.165) is 5.56 Å². The number of carbonyl (C=O) groups is 1. The minimum Gasteiger partial charge on any atom is -0.405 e. The van der Waals surface area contributed by atoms with Crippen LogP contribution in [0.2, 0.25) is 0 Å². The second-order valence-corrected chi connectivity index (χ2v) is 2.35. The summed E-state index contributed by atoms with van der Waals surface area (Å²) in [5.41, 5.74) is 0.819. The fourth-order valence-electron chi connectivity index (χ4n) is 0.974. The van der Waals surface area contributed by atoms with Crippen molar-refractivity contribution < 1.29 is 9.53 Å². The summed E-state index contributed by atoms with van der Waals surface area (Å²) in [5, 5.41) is 0. The number of rotatable bonds is 1.